The maximum Gasteiger partial charge on any atom is 0.325 e. The van der Waals surface area contributed by atoms with Crippen molar-refractivity contribution in [3.63, 3.8) is 0 Å². The van der Waals surface area contributed by atoms with Gasteiger partial charge in [-0.3, -0.25) is 5.10 Å². The first-order valence-electron chi connectivity index (χ1n) is 12.6. The largest absolute Gasteiger partial charge is 0.424 e. The molecule has 4 aromatic rings. The number of nitrogens with one attached hydrogen (secondary N) is 2. The van der Waals surface area contributed by atoms with Crippen LogP contribution in [-0.4, -0.2) is 67.8 Å². The Balaban J connectivity index is 0.00000156. The van der Waals surface area contributed by atoms with Crippen LogP contribution in [0.3, 0.4) is 0 Å². The molecule has 194 valence electrons. The first-order valence-corrected chi connectivity index (χ1v) is 12.6. The molecule has 5 rings (SSSR count). The number of aromatic nitrogens is 6. The van der Waals surface area contributed by atoms with Crippen LogP contribution in [0.5, 0.6) is 11.8 Å². The Morgan fingerprint density at radius 1 is 1.05 bits per heavy atom. The predicted octanol–water partition coefficient (Wildman–Crippen LogP) is 4.71. The molecule has 0 spiro atoms. The Morgan fingerprint density at radius 3 is 2.49 bits per heavy atom. The van der Waals surface area contributed by atoms with Crippen molar-refractivity contribution in [1.29, 1.82) is 0 Å². The highest BCUT2D eigenvalue weighted by Gasteiger charge is 2.18. The lowest BCUT2D eigenvalue weighted by atomic mass is 10.2. The van der Waals surface area contributed by atoms with Crippen molar-refractivity contribution in [2.24, 2.45) is 0 Å². The quantitative estimate of drug-likeness (QED) is 0.358. The minimum Gasteiger partial charge on any atom is -0.424 e. The fraction of sp³-hybridized carbons (Fsp3) is 0.333. The second-order valence-electron chi connectivity index (χ2n) is 8.61. The molecule has 0 aliphatic carbocycles. The lowest BCUT2D eigenvalue weighted by Crippen LogP contribution is -2.44. The normalized spacial score (nSPS) is 13.6. The highest BCUT2D eigenvalue weighted by atomic mass is 16.5. The molecule has 10 heteroatoms. The van der Waals surface area contributed by atoms with Gasteiger partial charge >= 0.3 is 6.01 Å². The Morgan fingerprint density at radius 2 is 1.81 bits per heavy atom. The molecule has 0 atom stereocenters. The second kappa shape index (κ2) is 12.2. The molecular weight excluding hydrogens is 466 g/mol. The predicted molar refractivity (Wildman–Crippen MR) is 148 cm³/mol. The van der Waals surface area contributed by atoms with Gasteiger partial charge in [0.2, 0.25) is 0 Å². The van der Waals surface area contributed by atoms with Crippen LogP contribution in [-0.2, 0) is 6.54 Å². The first kappa shape index (κ1) is 25.9. The van der Waals surface area contributed by atoms with E-state index in [4.69, 9.17) is 9.72 Å². The van der Waals surface area contributed by atoms with Crippen molar-refractivity contribution in [1.82, 2.24) is 34.6 Å². The van der Waals surface area contributed by atoms with Gasteiger partial charge in [0, 0.05) is 62.9 Å². The zero-order valence-corrected chi connectivity index (χ0v) is 22.0. The molecule has 3 aromatic heterocycles. The third kappa shape index (κ3) is 6.73. The molecular formula is C27H35N9O. The van der Waals surface area contributed by atoms with Gasteiger partial charge in [-0.2, -0.15) is 15.1 Å². The molecule has 1 aromatic carbocycles. The van der Waals surface area contributed by atoms with Gasteiger partial charge < -0.3 is 24.4 Å². The molecule has 2 N–H and O–H groups in total. The number of anilines is 3. The van der Waals surface area contributed by atoms with Gasteiger partial charge in [0.15, 0.2) is 5.82 Å². The summed E-state index contributed by atoms with van der Waals surface area (Å²) in [5.41, 5.74) is 2.09. The summed E-state index contributed by atoms with van der Waals surface area (Å²) in [6.45, 7) is 14.2. The number of H-pyrrole nitrogens is 1. The number of aryl methyl sites for hydroxylation is 1. The van der Waals surface area contributed by atoms with E-state index in [1.54, 1.807) is 12.3 Å². The lowest BCUT2D eigenvalue weighted by molar-refractivity contribution is 0.311. The van der Waals surface area contributed by atoms with Crippen molar-refractivity contribution in [2.75, 3.05) is 43.4 Å². The van der Waals surface area contributed by atoms with Crippen molar-refractivity contribution in [3.05, 3.63) is 72.5 Å². The van der Waals surface area contributed by atoms with Crippen molar-refractivity contribution in [3.8, 4) is 11.8 Å². The van der Waals surface area contributed by atoms with Crippen LogP contribution in [0.25, 0.3) is 6.08 Å². The standard InChI is InChI=1S/C25H29N9O.C2H6/c1-4-23-26-9-10-34(23)17-19-5-7-20(8-6-19)35-25-28-21(27-22-15-18(2)30-31-22)16-24(29-25)33-13-11-32(3)12-14-33;1-2/h4-10,15-16H,1,11-14,17H2,2-3H3,(H2,27,28,29,30,31);1-2H3. The maximum absolute atomic E-state index is 6.09. The smallest absolute Gasteiger partial charge is 0.325 e. The van der Waals surface area contributed by atoms with Crippen LogP contribution in [0.2, 0.25) is 0 Å². The van der Waals surface area contributed by atoms with E-state index in [0.29, 0.717) is 23.9 Å². The van der Waals surface area contributed by atoms with E-state index in [1.165, 1.54) is 0 Å². The third-order valence-electron chi connectivity index (χ3n) is 5.90. The minimum absolute atomic E-state index is 0.285. The van der Waals surface area contributed by atoms with Gasteiger partial charge in [-0.1, -0.05) is 32.6 Å². The zero-order chi connectivity index (χ0) is 26.2. The molecule has 0 amide bonds. The lowest BCUT2D eigenvalue weighted by Gasteiger charge is -2.33. The molecule has 0 radical (unpaired) electrons. The van der Waals surface area contributed by atoms with Crippen LogP contribution in [0.15, 0.2) is 55.4 Å². The number of piperazine rings is 1. The van der Waals surface area contributed by atoms with Crippen LogP contribution in [0.1, 0.15) is 30.9 Å². The summed E-state index contributed by atoms with van der Waals surface area (Å²) in [6, 6.07) is 12.1. The highest BCUT2D eigenvalue weighted by Crippen LogP contribution is 2.26. The van der Waals surface area contributed by atoms with E-state index in [2.05, 4.69) is 48.9 Å². The molecule has 0 bridgehead atoms. The van der Waals surface area contributed by atoms with Crippen molar-refractivity contribution in [2.45, 2.75) is 27.3 Å². The summed E-state index contributed by atoms with van der Waals surface area (Å²) in [5, 5.41) is 10.5. The number of nitrogens with zero attached hydrogens (tertiary/aromatic N) is 7. The molecule has 0 saturated carbocycles. The summed E-state index contributed by atoms with van der Waals surface area (Å²) < 4.78 is 8.13. The fourth-order valence-corrected chi connectivity index (χ4v) is 3.94. The van der Waals surface area contributed by atoms with Gasteiger partial charge in [0.25, 0.3) is 0 Å². The van der Waals surface area contributed by atoms with Gasteiger partial charge in [-0.05, 0) is 37.7 Å². The van der Waals surface area contributed by atoms with E-state index < -0.39 is 0 Å². The van der Waals surface area contributed by atoms with E-state index in [0.717, 1.165) is 49.1 Å². The molecule has 0 unspecified atom stereocenters. The average Bonchev–Trinajstić information content (AvgIpc) is 3.54. The number of imidazole rings is 1. The molecule has 1 fully saturated rings. The Labute approximate surface area is 218 Å². The summed E-state index contributed by atoms with van der Waals surface area (Å²) >= 11 is 0. The van der Waals surface area contributed by atoms with E-state index in [-0.39, 0.29) is 6.01 Å². The molecule has 1 aliphatic heterocycles. The fourth-order valence-electron chi connectivity index (χ4n) is 3.94. The van der Waals surface area contributed by atoms with E-state index in [9.17, 15) is 0 Å². The summed E-state index contributed by atoms with van der Waals surface area (Å²) in [4.78, 5) is 18.1. The topological polar surface area (TPSA) is 100 Å². The van der Waals surface area contributed by atoms with Gasteiger partial charge in [0.1, 0.15) is 23.2 Å². The second-order valence-corrected chi connectivity index (χ2v) is 8.61. The number of aromatic amines is 1. The summed E-state index contributed by atoms with van der Waals surface area (Å²) in [7, 11) is 2.13. The highest BCUT2D eigenvalue weighted by molar-refractivity contribution is 5.58. The van der Waals surface area contributed by atoms with E-state index in [1.807, 2.05) is 67.9 Å². The third-order valence-corrected chi connectivity index (χ3v) is 5.90. The maximum atomic E-state index is 6.09. The minimum atomic E-state index is 0.285. The number of hydrogen-bond acceptors (Lipinski definition) is 8. The van der Waals surface area contributed by atoms with Gasteiger partial charge in [-0.15, -0.1) is 0 Å². The zero-order valence-electron chi connectivity index (χ0n) is 22.0. The molecule has 1 aliphatic rings. The first-order chi connectivity index (χ1) is 18.1. The Bertz CT molecular complexity index is 1290. The monoisotopic (exact) mass is 501 g/mol. The van der Waals surface area contributed by atoms with Crippen LogP contribution in [0.4, 0.5) is 17.5 Å². The molecule has 37 heavy (non-hydrogen) atoms. The molecule has 10 nitrogen and oxygen atoms in total. The molecule has 4 heterocycles. The van der Waals surface area contributed by atoms with E-state index >= 15 is 0 Å². The van der Waals surface area contributed by atoms with Gasteiger partial charge in [0.05, 0.1) is 0 Å². The van der Waals surface area contributed by atoms with Crippen LogP contribution >= 0.6 is 0 Å². The number of likely N-dealkylation sites (N-methyl/N-ethyl adjacent to an activating group) is 1. The number of benzene rings is 1. The number of hydrogen-bond donors (Lipinski definition) is 2. The number of rotatable bonds is 8. The van der Waals surface area contributed by atoms with Crippen LogP contribution < -0.4 is 15.0 Å². The van der Waals surface area contributed by atoms with Crippen molar-refractivity contribution < 1.29 is 4.74 Å². The van der Waals surface area contributed by atoms with Crippen LogP contribution in [0, 0.1) is 6.92 Å². The van der Waals surface area contributed by atoms with Gasteiger partial charge in [-0.25, -0.2) is 4.98 Å². The van der Waals surface area contributed by atoms with Crippen molar-refractivity contribution >= 4 is 23.5 Å². The number of ether oxygens (including phenoxy) is 1. The average molecular weight is 502 g/mol. The molecule has 1 saturated heterocycles. The SMILES string of the molecule is C=Cc1nccn1Cc1ccc(Oc2nc(Nc3cc(C)[nH]n3)cc(N3CCN(C)CC3)n2)cc1.CC. The summed E-state index contributed by atoms with van der Waals surface area (Å²) in [5.74, 6) is 3.65. The Hall–Kier alpha value is -4.18. The Kier molecular flexibility index (Phi) is 8.52. The summed E-state index contributed by atoms with van der Waals surface area (Å²) in [6.07, 6.45) is 5.46.